The number of hydrogen-bond acceptors (Lipinski definition) is 5. The fraction of sp³-hybridized carbons (Fsp3) is 0.348. The molecule has 10 heteroatoms. The summed E-state index contributed by atoms with van der Waals surface area (Å²) in [6, 6.07) is 9.35. The smallest absolute Gasteiger partial charge is 0.319 e. The van der Waals surface area contributed by atoms with E-state index in [1.807, 2.05) is 0 Å². The summed E-state index contributed by atoms with van der Waals surface area (Å²) < 4.78 is 38.8. The van der Waals surface area contributed by atoms with Gasteiger partial charge in [0.15, 0.2) is 5.78 Å². The van der Waals surface area contributed by atoms with Crippen LogP contribution >= 0.6 is 0 Å². The van der Waals surface area contributed by atoms with E-state index >= 15 is 0 Å². The SMILES string of the molecule is CCC1(c2ccc(F)cc2)NC(=O)N(CC(=O)c2ccc3c(c2)CCCN3S(C)(=O)=O)C1=O. The van der Waals surface area contributed by atoms with E-state index in [4.69, 9.17) is 0 Å². The zero-order valence-electron chi connectivity index (χ0n) is 18.3. The van der Waals surface area contributed by atoms with Crippen molar-refractivity contribution in [3.63, 3.8) is 0 Å². The number of nitrogens with one attached hydrogen (secondary N) is 1. The fourth-order valence-electron chi connectivity index (χ4n) is 4.46. The van der Waals surface area contributed by atoms with Crippen LogP contribution in [0.25, 0.3) is 0 Å². The molecule has 1 N–H and O–H groups in total. The molecule has 2 aliphatic rings. The van der Waals surface area contributed by atoms with Crippen molar-refractivity contribution < 1.29 is 27.2 Å². The number of carbonyl (C=O) groups excluding carboxylic acids is 3. The Morgan fingerprint density at radius 2 is 1.85 bits per heavy atom. The average Bonchev–Trinajstić information content (AvgIpc) is 3.03. The molecule has 0 aromatic heterocycles. The third-order valence-corrected chi connectivity index (χ3v) is 7.40. The molecule has 0 spiro atoms. The second-order valence-corrected chi connectivity index (χ2v) is 10.2. The number of ketones is 1. The molecule has 0 radical (unpaired) electrons. The first-order chi connectivity index (χ1) is 15.6. The molecule has 1 fully saturated rings. The van der Waals surface area contributed by atoms with E-state index < -0.39 is 45.6 Å². The molecular weight excluding hydrogens is 449 g/mol. The summed E-state index contributed by atoms with van der Waals surface area (Å²) in [5, 5.41) is 2.67. The highest BCUT2D eigenvalue weighted by Gasteiger charge is 2.51. The highest BCUT2D eigenvalue weighted by Crippen LogP contribution is 2.33. The number of hydrogen-bond donors (Lipinski definition) is 1. The summed E-state index contributed by atoms with van der Waals surface area (Å²) in [6.07, 6.45) is 2.62. The summed E-state index contributed by atoms with van der Waals surface area (Å²) in [7, 11) is -3.43. The largest absolute Gasteiger partial charge is 0.325 e. The topological polar surface area (TPSA) is 104 Å². The Bertz CT molecular complexity index is 1250. The third kappa shape index (κ3) is 3.99. The second-order valence-electron chi connectivity index (χ2n) is 8.29. The maximum Gasteiger partial charge on any atom is 0.325 e. The van der Waals surface area contributed by atoms with Crippen LogP contribution in [0, 0.1) is 5.82 Å². The van der Waals surface area contributed by atoms with Crippen LogP contribution in [-0.2, 0) is 26.8 Å². The molecule has 33 heavy (non-hydrogen) atoms. The molecular formula is C23H24FN3O5S. The van der Waals surface area contributed by atoms with Crippen LogP contribution in [-0.4, -0.2) is 50.4 Å². The second kappa shape index (κ2) is 8.26. The van der Waals surface area contributed by atoms with Crippen LogP contribution in [0.2, 0.25) is 0 Å². The highest BCUT2D eigenvalue weighted by molar-refractivity contribution is 7.92. The minimum Gasteiger partial charge on any atom is -0.319 e. The van der Waals surface area contributed by atoms with Gasteiger partial charge in [-0.2, -0.15) is 0 Å². The third-order valence-electron chi connectivity index (χ3n) is 6.22. The van der Waals surface area contributed by atoms with Crippen molar-refractivity contribution >= 4 is 33.4 Å². The van der Waals surface area contributed by atoms with Crippen LogP contribution in [0.3, 0.4) is 0 Å². The van der Waals surface area contributed by atoms with Gasteiger partial charge in [0.25, 0.3) is 5.91 Å². The fourth-order valence-corrected chi connectivity index (χ4v) is 5.46. The molecule has 1 saturated heterocycles. The molecule has 0 bridgehead atoms. The first-order valence-electron chi connectivity index (χ1n) is 10.6. The van der Waals surface area contributed by atoms with E-state index in [0.717, 1.165) is 16.7 Å². The number of aryl methyl sites for hydroxylation is 1. The van der Waals surface area contributed by atoms with Gasteiger partial charge < -0.3 is 5.32 Å². The van der Waals surface area contributed by atoms with Crippen LogP contribution < -0.4 is 9.62 Å². The number of anilines is 1. The van der Waals surface area contributed by atoms with Crippen LogP contribution in [0.1, 0.15) is 41.3 Å². The monoisotopic (exact) mass is 473 g/mol. The van der Waals surface area contributed by atoms with Crippen LogP contribution in [0.15, 0.2) is 42.5 Å². The van der Waals surface area contributed by atoms with Crippen molar-refractivity contribution in [2.45, 2.75) is 31.7 Å². The number of carbonyl (C=O) groups is 3. The highest BCUT2D eigenvalue weighted by atomic mass is 32.2. The molecule has 1 atom stereocenters. The molecule has 8 nitrogen and oxygen atoms in total. The van der Waals surface area contributed by atoms with Crippen molar-refractivity contribution in [3.8, 4) is 0 Å². The summed E-state index contributed by atoms with van der Waals surface area (Å²) >= 11 is 0. The Labute approximate surface area is 191 Å². The number of rotatable bonds is 6. The van der Waals surface area contributed by atoms with Crippen LogP contribution in [0.5, 0.6) is 0 Å². The summed E-state index contributed by atoms with van der Waals surface area (Å²) in [5.74, 6) is -1.48. The van der Waals surface area contributed by atoms with Gasteiger partial charge in [0.1, 0.15) is 11.4 Å². The molecule has 2 aromatic rings. The summed E-state index contributed by atoms with van der Waals surface area (Å²) in [5.41, 5.74) is 0.632. The van der Waals surface area contributed by atoms with Gasteiger partial charge in [-0.05, 0) is 60.7 Å². The number of nitrogens with zero attached hydrogens (tertiary/aromatic N) is 2. The predicted molar refractivity (Wildman–Crippen MR) is 120 cm³/mol. The summed E-state index contributed by atoms with van der Waals surface area (Å²) in [4.78, 5) is 39.7. The number of imide groups is 1. The number of Topliss-reactive ketones (excluding diaryl/α,β-unsaturated/α-hetero) is 1. The van der Waals surface area contributed by atoms with Crippen molar-refractivity contribution in [1.82, 2.24) is 10.2 Å². The number of urea groups is 1. The zero-order chi connectivity index (χ0) is 24.0. The maximum atomic E-state index is 13.4. The first kappa shape index (κ1) is 22.9. The Morgan fingerprint density at radius 3 is 2.48 bits per heavy atom. The van der Waals surface area contributed by atoms with Gasteiger partial charge >= 0.3 is 6.03 Å². The molecule has 4 rings (SSSR count). The molecule has 2 aliphatic heterocycles. The Hall–Kier alpha value is -3.27. The zero-order valence-corrected chi connectivity index (χ0v) is 19.1. The lowest BCUT2D eigenvalue weighted by Gasteiger charge is -2.29. The predicted octanol–water partition coefficient (Wildman–Crippen LogP) is 2.58. The molecule has 0 saturated carbocycles. The number of halogens is 1. The standard InChI is InChI=1S/C23H24FN3O5S/c1-3-23(17-7-9-18(24)10-8-17)21(29)26(22(30)25-23)14-20(28)16-6-11-19-15(13-16)5-4-12-27(19)33(2,31)32/h6-11,13H,3-5,12,14H2,1-2H3,(H,25,30). The lowest BCUT2D eigenvalue weighted by Crippen LogP contribution is -2.43. The summed E-state index contributed by atoms with van der Waals surface area (Å²) in [6.45, 7) is 1.65. The molecule has 3 amide bonds. The molecule has 174 valence electrons. The van der Waals surface area contributed by atoms with E-state index in [1.54, 1.807) is 19.1 Å². The van der Waals surface area contributed by atoms with Gasteiger partial charge in [0, 0.05) is 12.1 Å². The van der Waals surface area contributed by atoms with Gasteiger partial charge in [0.2, 0.25) is 10.0 Å². The molecule has 0 aliphatic carbocycles. The van der Waals surface area contributed by atoms with E-state index in [1.165, 1.54) is 34.6 Å². The van der Waals surface area contributed by atoms with Gasteiger partial charge in [0.05, 0.1) is 18.5 Å². The normalized spacial score (nSPS) is 20.6. The molecule has 2 heterocycles. The number of amides is 3. The van der Waals surface area contributed by atoms with Gasteiger partial charge in [-0.25, -0.2) is 17.6 Å². The van der Waals surface area contributed by atoms with Crippen molar-refractivity contribution in [1.29, 1.82) is 0 Å². The average molecular weight is 474 g/mol. The first-order valence-corrected chi connectivity index (χ1v) is 12.5. The molecule has 1 unspecified atom stereocenters. The van der Waals surface area contributed by atoms with Crippen molar-refractivity contribution in [2.24, 2.45) is 0 Å². The van der Waals surface area contributed by atoms with Crippen molar-refractivity contribution in [2.75, 3.05) is 23.7 Å². The molecule has 2 aromatic carbocycles. The Balaban J connectivity index is 1.58. The van der Waals surface area contributed by atoms with Gasteiger partial charge in [-0.3, -0.25) is 18.8 Å². The van der Waals surface area contributed by atoms with Gasteiger partial charge in [-0.15, -0.1) is 0 Å². The van der Waals surface area contributed by atoms with E-state index in [2.05, 4.69) is 5.32 Å². The van der Waals surface area contributed by atoms with E-state index in [0.29, 0.717) is 36.2 Å². The minimum atomic E-state index is -3.43. The number of fused-ring (bicyclic) bond motifs is 1. The van der Waals surface area contributed by atoms with Crippen LogP contribution in [0.4, 0.5) is 14.9 Å². The van der Waals surface area contributed by atoms with Crippen molar-refractivity contribution in [3.05, 3.63) is 65.0 Å². The quantitative estimate of drug-likeness (QED) is 0.513. The number of sulfonamides is 1. The number of benzene rings is 2. The van der Waals surface area contributed by atoms with Gasteiger partial charge in [-0.1, -0.05) is 19.1 Å². The Kier molecular flexibility index (Phi) is 5.73. The van der Waals surface area contributed by atoms with E-state index in [-0.39, 0.29) is 6.42 Å². The lowest BCUT2D eigenvalue weighted by molar-refractivity contribution is -0.131. The Morgan fingerprint density at radius 1 is 1.15 bits per heavy atom. The van der Waals surface area contributed by atoms with E-state index in [9.17, 15) is 27.2 Å². The maximum absolute atomic E-state index is 13.4. The minimum absolute atomic E-state index is 0.230. The lowest BCUT2D eigenvalue weighted by atomic mass is 9.87.